The van der Waals surface area contributed by atoms with Gasteiger partial charge < -0.3 is 14.8 Å². The average molecular weight is 321 g/mol. The second-order valence-corrected chi connectivity index (χ2v) is 5.75. The molecule has 0 atom stereocenters. The number of aromatic amines is 1. The van der Waals surface area contributed by atoms with E-state index in [1.54, 1.807) is 4.90 Å². The van der Waals surface area contributed by atoms with Gasteiger partial charge in [-0.15, -0.1) is 0 Å². The van der Waals surface area contributed by atoms with Crippen LogP contribution in [0.1, 0.15) is 23.3 Å². The van der Waals surface area contributed by atoms with Gasteiger partial charge in [0, 0.05) is 25.5 Å². The highest BCUT2D eigenvalue weighted by Gasteiger charge is 2.23. The van der Waals surface area contributed by atoms with Crippen molar-refractivity contribution >= 4 is 22.7 Å². The van der Waals surface area contributed by atoms with Crippen LogP contribution >= 0.6 is 0 Å². The lowest BCUT2D eigenvalue weighted by atomic mass is 10.2. The summed E-state index contributed by atoms with van der Waals surface area (Å²) < 4.78 is 27.4. The number of carbonyl (C=O) groups excluding carboxylic acids is 2. The van der Waals surface area contributed by atoms with Gasteiger partial charge in [0.2, 0.25) is 5.91 Å². The summed E-state index contributed by atoms with van der Waals surface area (Å²) >= 11 is 0. The first kappa shape index (κ1) is 15.5. The van der Waals surface area contributed by atoms with Crippen LogP contribution in [0.15, 0.2) is 18.2 Å². The number of nitrogens with one attached hydrogen (secondary N) is 1. The van der Waals surface area contributed by atoms with Crippen molar-refractivity contribution in [3.63, 3.8) is 0 Å². The summed E-state index contributed by atoms with van der Waals surface area (Å²) in [6.45, 7) is 1.37. The minimum Gasteiger partial charge on any atom is -0.348 e. The molecule has 1 aromatic heterocycles. The van der Waals surface area contributed by atoms with E-state index in [4.69, 9.17) is 0 Å². The van der Waals surface area contributed by atoms with E-state index in [9.17, 15) is 18.4 Å². The van der Waals surface area contributed by atoms with Crippen LogP contribution in [0, 0.1) is 11.6 Å². The summed E-state index contributed by atoms with van der Waals surface area (Å²) in [6.07, 6.45) is 1.95. The molecule has 2 amide bonds. The second kappa shape index (κ2) is 5.98. The van der Waals surface area contributed by atoms with Crippen molar-refractivity contribution in [1.29, 1.82) is 0 Å². The van der Waals surface area contributed by atoms with E-state index in [1.807, 2.05) is 0 Å². The number of benzene rings is 1. The van der Waals surface area contributed by atoms with Gasteiger partial charge in [-0.1, -0.05) is 0 Å². The minimum atomic E-state index is -0.628. The minimum absolute atomic E-state index is 0.0209. The highest BCUT2D eigenvalue weighted by atomic mass is 19.1. The monoisotopic (exact) mass is 321 g/mol. The largest absolute Gasteiger partial charge is 0.348 e. The molecule has 1 aliphatic heterocycles. The summed E-state index contributed by atoms with van der Waals surface area (Å²) in [5.41, 5.74) is 0.00772. The van der Waals surface area contributed by atoms with E-state index in [1.165, 1.54) is 18.0 Å². The molecule has 1 fully saturated rings. The quantitative estimate of drug-likeness (QED) is 0.942. The predicted molar refractivity (Wildman–Crippen MR) is 81.0 cm³/mol. The maximum Gasteiger partial charge on any atom is 0.270 e. The number of likely N-dealkylation sites (tertiary alicyclic amines) is 1. The van der Waals surface area contributed by atoms with E-state index >= 15 is 0 Å². The summed E-state index contributed by atoms with van der Waals surface area (Å²) in [5.74, 6) is -1.83. The highest BCUT2D eigenvalue weighted by Crippen LogP contribution is 2.22. The number of carbonyl (C=O) groups is 2. The first-order valence-corrected chi connectivity index (χ1v) is 7.47. The second-order valence-electron chi connectivity index (χ2n) is 5.75. The van der Waals surface area contributed by atoms with Crippen LogP contribution in [-0.2, 0) is 4.79 Å². The van der Waals surface area contributed by atoms with Crippen molar-refractivity contribution in [2.45, 2.75) is 12.8 Å². The molecular formula is C16H17F2N3O2. The van der Waals surface area contributed by atoms with E-state index in [0.717, 1.165) is 25.0 Å². The molecule has 7 heteroatoms. The molecule has 1 saturated heterocycles. The Kier molecular flexibility index (Phi) is 4.02. The van der Waals surface area contributed by atoms with Gasteiger partial charge in [0.25, 0.3) is 5.91 Å². The molecule has 1 aliphatic rings. The average Bonchev–Trinajstić information content (AvgIpc) is 3.19. The normalized spacial score (nSPS) is 14.5. The summed E-state index contributed by atoms with van der Waals surface area (Å²) in [5, 5.41) is 0.0209. The molecule has 122 valence electrons. The van der Waals surface area contributed by atoms with Gasteiger partial charge in [-0.05, 0) is 31.0 Å². The maximum atomic E-state index is 13.7. The molecular weight excluding hydrogens is 304 g/mol. The van der Waals surface area contributed by atoms with Crippen molar-refractivity contribution in [1.82, 2.24) is 14.8 Å². The van der Waals surface area contributed by atoms with Crippen LogP contribution in [0.2, 0.25) is 0 Å². The Labute approximate surface area is 131 Å². The zero-order valence-corrected chi connectivity index (χ0v) is 12.7. The molecule has 0 unspecified atom stereocenters. The molecule has 1 aromatic carbocycles. The zero-order chi connectivity index (χ0) is 16.6. The Morgan fingerprint density at radius 3 is 2.52 bits per heavy atom. The van der Waals surface area contributed by atoms with Gasteiger partial charge in [0.15, 0.2) is 0 Å². The maximum absolute atomic E-state index is 13.7. The lowest BCUT2D eigenvalue weighted by Crippen LogP contribution is -2.39. The van der Waals surface area contributed by atoms with Gasteiger partial charge >= 0.3 is 0 Å². The Morgan fingerprint density at radius 2 is 1.87 bits per heavy atom. The standard InChI is InChI=1S/C16H17F2N3O2/c1-20(9-14(22)21-6-2-3-7-21)16(23)13-8-10-11(17)4-5-12(18)15(10)19-13/h4-5,8,19H,2-3,6-7,9H2,1H3. The van der Waals surface area contributed by atoms with E-state index in [2.05, 4.69) is 4.98 Å². The number of amides is 2. The molecule has 1 N–H and O–H groups in total. The number of hydrogen-bond donors (Lipinski definition) is 1. The van der Waals surface area contributed by atoms with Gasteiger partial charge in [-0.2, -0.15) is 0 Å². The summed E-state index contributed by atoms with van der Waals surface area (Å²) in [7, 11) is 1.49. The fourth-order valence-corrected chi connectivity index (χ4v) is 2.81. The molecule has 0 spiro atoms. The number of likely N-dealkylation sites (N-methyl/N-ethyl adjacent to an activating group) is 1. The van der Waals surface area contributed by atoms with E-state index < -0.39 is 17.5 Å². The first-order valence-electron chi connectivity index (χ1n) is 7.47. The molecule has 0 bridgehead atoms. The van der Waals surface area contributed by atoms with Gasteiger partial charge in [-0.25, -0.2) is 8.78 Å². The van der Waals surface area contributed by atoms with Gasteiger partial charge in [0.1, 0.15) is 17.3 Å². The lowest BCUT2D eigenvalue weighted by molar-refractivity contribution is -0.130. The van der Waals surface area contributed by atoms with E-state index in [0.29, 0.717) is 13.1 Å². The van der Waals surface area contributed by atoms with Crippen molar-refractivity contribution in [3.05, 3.63) is 35.5 Å². The van der Waals surface area contributed by atoms with Crippen molar-refractivity contribution in [3.8, 4) is 0 Å². The van der Waals surface area contributed by atoms with E-state index in [-0.39, 0.29) is 29.0 Å². The van der Waals surface area contributed by atoms with Crippen molar-refractivity contribution < 1.29 is 18.4 Å². The molecule has 2 aromatic rings. The Balaban J connectivity index is 1.78. The highest BCUT2D eigenvalue weighted by molar-refractivity contribution is 5.99. The molecule has 0 radical (unpaired) electrons. The molecule has 23 heavy (non-hydrogen) atoms. The summed E-state index contributed by atoms with van der Waals surface area (Å²) in [4.78, 5) is 30.0. The molecule has 0 saturated carbocycles. The molecule has 5 nitrogen and oxygen atoms in total. The van der Waals surface area contributed by atoms with Crippen LogP contribution in [0.3, 0.4) is 0 Å². The van der Waals surface area contributed by atoms with Crippen molar-refractivity contribution in [2.75, 3.05) is 26.7 Å². The molecule has 3 rings (SSSR count). The lowest BCUT2D eigenvalue weighted by Gasteiger charge is -2.20. The zero-order valence-electron chi connectivity index (χ0n) is 12.7. The van der Waals surface area contributed by atoms with Crippen LogP contribution < -0.4 is 0 Å². The third-order valence-electron chi connectivity index (χ3n) is 4.10. The number of halogens is 2. The SMILES string of the molecule is CN(CC(=O)N1CCCC1)C(=O)c1cc2c(F)ccc(F)c2[nH]1. The van der Waals surface area contributed by atoms with Crippen LogP contribution in [0.5, 0.6) is 0 Å². The Morgan fingerprint density at radius 1 is 1.22 bits per heavy atom. The third kappa shape index (κ3) is 2.91. The number of nitrogens with zero attached hydrogens (tertiary/aromatic N) is 2. The number of hydrogen-bond acceptors (Lipinski definition) is 2. The molecule has 0 aliphatic carbocycles. The number of rotatable bonds is 3. The van der Waals surface area contributed by atoms with Gasteiger partial charge in [-0.3, -0.25) is 9.59 Å². The predicted octanol–water partition coefficient (Wildman–Crippen LogP) is 2.14. The van der Waals surface area contributed by atoms with Crippen LogP contribution in [-0.4, -0.2) is 53.3 Å². The fourth-order valence-electron chi connectivity index (χ4n) is 2.81. The van der Waals surface area contributed by atoms with Crippen molar-refractivity contribution in [2.24, 2.45) is 0 Å². The van der Waals surface area contributed by atoms with Crippen LogP contribution in [0.4, 0.5) is 8.78 Å². The number of fused-ring (bicyclic) bond motifs is 1. The topological polar surface area (TPSA) is 56.4 Å². The Hall–Kier alpha value is -2.44. The Bertz CT molecular complexity index is 727. The van der Waals surface area contributed by atoms with Crippen LogP contribution in [0.25, 0.3) is 10.9 Å². The van der Waals surface area contributed by atoms with Gasteiger partial charge in [0.05, 0.1) is 12.1 Å². The summed E-state index contributed by atoms with van der Waals surface area (Å²) in [6, 6.07) is 3.29. The first-order chi connectivity index (χ1) is 11.0. The number of aromatic nitrogens is 1. The molecule has 2 heterocycles. The third-order valence-corrected chi connectivity index (χ3v) is 4.10. The smallest absolute Gasteiger partial charge is 0.270 e. The number of H-pyrrole nitrogens is 1. The fraction of sp³-hybridized carbons (Fsp3) is 0.375.